The van der Waals surface area contributed by atoms with Gasteiger partial charge in [0, 0.05) is 57.4 Å². The van der Waals surface area contributed by atoms with Gasteiger partial charge < -0.3 is 44.9 Å². The Hall–Kier alpha value is -3.37. The highest BCUT2D eigenvalue weighted by Crippen LogP contribution is 2.37. The van der Waals surface area contributed by atoms with Gasteiger partial charge in [-0.15, -0.1) is 0 Å². The lowest BCUT2D eigenvalue weighted by Crippen LogP contribution is -2.61. The number of hydrogen-bond acceptors (Lipinski definition) is 13. The number of methoxy groups -OCH3 is 2. The van der Waals surface area contributed by atoms with Crippen molar-refractivity contribution in [3.63, 3.8) is 0 Å². The van der Waals surface area contributed by atoms with E-state index in [0.717, 1.165) is 36.2 Å². The minimum Gasteiger partial charge on any atom is -0.459 e. The molecular formula is C49H76N2O12. The maximum Gasteiger partial charge on any atom is 0.329 e. The summed E-state index contributed by atoms with van der Waals surface area (Å²) in [7, 11) is 3.24. The normalized spacial score (nSPS) is 38.8. The van der Waals surface area contributed by atoms with Gasteiger partial charge in [-0.2, -0.15) is 0 Å². The molecule has 4 aliphatic rings. The number of nitrogens with zero attached hydrogens (tertiary/aromatic N) is 1. The van der Waals surface area contributed by atoms with Crippen molar-refractivity contribution in [2.45, 2.75) is 180 Å². The number of aliphatic hydroxyl groups excluding tert-OH is 2. The van der Waals surface area contributed by atoms with Crippen molar-refractivity contribution in [1.82, 2.24) is 4.90 Å². The van der Waals surface area contributed by atoms with Crippen LogP contribution in [0.15, 0.2) is 47.6 Å². The first kappa shape index (κ1) is 52.3. The summed E-state index contributed by atoms with van der Waals surface area (Å²) in [5.74, 6) is -8.28. The third-order valence-corrected chi connectivity index (χ3v) is 13.9. The summed E-state index contributed by atoms with van der Waals surface area (Å²) in [5.41, 5.74) is 7.93. The Kier molecular flexibility index (Phi) is 20.1. The van der Waals surface area contributed by atoms with Gasteiger partial charge in [0.05, 0.1) is 18.3 Å². The topological polar surface area (TPSA) is 212 Å². The highest BCUT2D eigenvalue weighted by Gasteiger charge is 2.53. The van der Waals surface area contributed by atoms with E-state index in [-0.39, 0.29) is 48.7 Å². The van der Waals surface area contributed by atoms with Crippen molar-refractivity contribution in [3.8, 4) is 0 Å². The number of ether oxygens (including phenoxy) is 4. The summed E-state index contributed by atoms with van der Waals surface area (Å²) < 4.78 is 23.7. The molecule has 1 aliphatic carbocycles. The van der Waals surface area contributed by atoms with Gasteiger partial charge in [-0.05, 0) is 94.6 Å². The van der Waals surface area contributed by atoms with Crippen LogP contribution in [0, 0.1) is 29.6 Å². The van der Waals surface area contributed by atoms with E-state index in [1.165, 1.54) is 6.08 Å². The van der Waals surface area contributed by atoms with Crippen molar-refractivity contribution >= 4 is 29.2 Å². The van der Waals surface area contributed by atoms with Crippen molar-refractivity contribution in [2.24, 2.45) is 35.3 Å². The SMILES string of the molecule is COC1C[C@@H]2CC[C@@H](C)[C@@](O)(O2)C(=O)C(=O)N2CCCCC2C(=O)OC([C@H](N)CC2CCC[C@H](OC)C2)CC(=O)C(C)/C=C(\C)C(O)[C@@H](O)C(=O)C(C)CC(C)/C=C/C=CC=C1C. The van der Waals surface area contributed by atoms with Crippen LogP contribution in [0.5, 0.6) is 0 Å². The first-order valence-electron chi connectivity index (χ1n) is 23.2. The number of Topliss-reactive ketones (excluding diaryl/α,β-unsaturated/α-hetero) is 3. The van der Waals surface area contributed by atoms with Gasteiger partial charge >= 0.3 is 5.97 Å². The van der Waals surface area contributed by atoms with Crippen molar-refractivity contribution < 1.29 is 58.2 Å². The Morgan fingerprint density at radius 2 is 1.59 bits per heavy atom. The smallest absolute Gasteiger partial charge is 0.329 e. The summed E-state index contributed by atoms with van der Waals surface area (Å²) in [6.45, 7) is 10.5. The molecule has 3 aliphatic heterocycles. The molecule has 0 aromatic heterocycles. The van der Waals surface area contributed by atoms with Gasteiger partial charge in [-0.25, -0.2) is 4.79 Å². The third-order valence-electron chi connectivity index (χ3n) is 13.9. The Labute approximate surface area is 374 Å². The fraction of sp³-hybridized carbons (Fsp3) is 0.735. The maximum absolute atomic E-state index is 14.2. The molecule has 63 heavy (non-hydrogen) atoms. The monoisotopic (exact) mass is 885 g/mol. The fourth-order valence-electron chi connectivity index (χ4n) is 9.68. The van der Waals surface area contributed by atoms with Crippen LogP contribution in [-0.4, -0.2) is 125 Å². The van der Waals surface area contributed by atoms with Crippen LogP contribution in [-0.2, 0) is 42.9 Å². The van der Waals surface area contributed by atoms with E-state index in [1.54, 1.807) is 41.9 Å². The van der Waals surface area contributed by atoms with Crippen LogP contribution in [0.25, 0.3) is 0 Å². The van der Waals surface area contributed by atoms with Crippen LogP contribution >= 0.6 is 0 Å². The van der Waals surface area contributed by atoms with Gasteiger partial charge in [-0.3, -0.25) is 19.2 Å². The van der Waals surface area contributed by atoms with Crippen molar-refractivity contribution in [2.75, 3.05) is 20.8 Å². The summed E-state index contributed by atoms with van der Waals surface area (Å²) in [6.07, 6.45) is 12.2. The van der Waals surface area contributed by atoms with E-state index in [9.17, 15) is 39.3 Å². The lowest BCUT2D eigenvalue weighted by Gasteiger charge is -2.42. The van der Waals surface area contributed by atoms with Gasteiger partial charge in [-0.1, -0.05) is 77.0 Å². The molecule has 3 fully saturated rings. The molecule has 4 rings (SSSR count). The van der Waals surface area contributed by atoms with Gasteiger partial charge in [0.2, 0.25) is 5.79 Å². The molecule has 8 unspecified atom stereocenters. The molecular weight excluding hydrogens is 809 g/mol. The highest BCUT2D eigenvalue weighted by atomic mass is 16.6. The molecule has 14 atom stereocenters. The third kappa shape index (κ3) is 14.1. The van der Waals surface area contributed by atoms with E-state index >= 15 is 0 Å². The van der Waals surface area contributed by atoms with Crippen LogP contribution in [0.1, 0.15) is 125 Å². The number of nitrogens with two attached hydrogens (primary N) is 1. The number of piperidine rings is 1. The van der Waals surface area contributed by atoms with Gasteiger partial charge in [0.1, 0.15) is 30.1 Å². The number of rotatable bonds is 5. The molecule has 0 aromatic rings. The largest absolute Gasteiger partial charge is 0.459 e. The average Bonchev–Trinajstić information content (AvgIpc) is 3.27. The zero-order valence-electron chi connectivity index (χ0n) is 38.9. The van der Waals surface area contributed by atoms with E-state index in [4.69, 9.17) is 24.7 Å². The quantitative estimate of drug-likeness (QED) is 0.158. The van der Waals surface area contributed by atoms with Crippen LogP contribution in [0.2, 0.25) is 0 Å². The molecule has 5 N–H and O–H groups in total. The average molecular weight is 885 g/mol. The minimum absolute atomic E-state index is 0.0343. The Morgan fingerprint density at radius 3 is 2.29 bits per heavy atom. The van der Waals surface area contributed by atoms with Crippen molar-refractivity contribution in [1.29, 1.82) is 0 Å². The molecule has 354 valence electrons. The van der Waals surface area contributed by atoms with Crippen LogP contribution < -0.4 is 5.73 Å². The second-order valence-corrected chi connectivity index (χ2v) is 18.9. The molecule has 1 saturated carbocycles. The molecule has 0 radical (unpaired) electrons. The molecule has 2 bridgehead atoms. The first-order valence-corrected chi connectivity index (χ1v) is 23.2. The second kappa shape index (κ2) is 24.2. The Morgan fingerprint density at radius 1 is 0.857 bits per heavy atom. The predicted molar refractivity (Wildman–Crippen MR) is 238 cm³/mol. The standard InChI is InChI=1S/C49H76N2O12/c1-29-15-10-9-11-16-30(2)41(61-8)27-37-21-20-34(6)49(59,63-37)46(56)47(57)51-22-13-12-19-39(51)48(58)62-42(38(50)26-35-17-14-18-36(25-35)60-7)28-40(52)31(3)24-33(5)44(54)45(55)43(53)32(4)23-29/h9-11,15-16,24,29,31-32,34-39,41-42,44-45,54-55,59H,12-14,17-23,25-28,50H2,1-8H3/b11-9?,15-10+,30-16?,33-24+/t29?,31?,32?,34-,35?,36+,37+,38-,39?,41?,42?,44?,45+,49-/m1/s1. The zero-order valence-corrected chi connectivity index (χ0v) is 38.9. The number of allylic oxidation sites excluding steroid dienone is 6. The number of hydrogen-bond donors (Lipinski definition) is 4. The molecule has 3 heterocycles. The molecule has 2 saturated heterocycles. The molecule has 14 heteroatoms. The van der Waals surface area contributed by atoms with Gasteiger partial charge in [0.15, 0.2) is 5.78 Å². The number of carbonyl (C=O) groups excluding carboxylic acids is 5. The minimum atomic E-state index is -2.43. The predicted octanol–water partition coefficient (Wildman–Crippen LogP) is 5.25. The zero-order chi connectivity index (χ0) is 46.6. The first-order chi connectivity index (χ1) is 29.8. The molecule has 14 nitrogen and oxygen atoms in total. The number of fused-ring (bicyclic) bond motifs is 3. The summed E-state index contributed by atoms with van der Waals surface area (Å²) in [4.78, 5) is 71.0. The number of amides is 1. The number of ketones is 3. The van der Waals surface area contributed by atoms with E-state index in [0.29, 0.717) is 44.9 Å². The van der Waals surface area contributed by atoms with Gasteiger partial charge in [0.25, 0.3) is 11.7 Å². The van der Waals surface area contributed by atoms with Crippen LogP contribution in [0.3, 0.4) is 0 Å². The molecule has 1 amide bonds. The summed E-state index contributed by atoms with van der Waals surface area (Å²) in [6, 6.07) is -1.94. The Bertz CT molecular complexity index is 1710. The summed E-state index contributed by atoms with van der Waals surface area (Å²) in [5, 5.41) is 34.0. The lowest BCUT2D eigenvalue weighted by atomic mass is 9.81. The van der Waals surface area contributed by atoms with Crippen LogP contribution in [0.4, 0.5) is 0 Å². The van der Waals surface area contributed by atoms with E-state index < -0.39 is 89.6 Å². The molecule has 0 aromatic carbocycles. The Balaban J connectivity index is 1.68. The highest BCUT2D eigenvalue weighted by molar-refractivity contribution is 6.39. The number of aliphatic hydroxyl groups is 3. The van der Waals surface area contributed by atoms with E-state index in [2.05, 4.69) is 0 Å². The van der Waals surface area contributed by atoms with E-state index in [1.807, 2.05) is 44.2 Å². The summed E-state index contributed by atoms with van der Waals surface area (Å²) >= 11 is 0. The second-order valence-electron chi connectivity index (χ2n) is 18.9. The number of carbonyl (C=O) groups is 5. The van der Waals surface area contributed by atoms with Crippen molar-refractivity contribution in [3.05, 3.63) is 47.6 Å². The fourth-order valence-corrected chi connectivity index (χ4v) is 9.68. The molecule has 0 spiro atoms. The lowest BCUT2D eigenvalue weighted by molar-refractivity contribution is -0.265. The maximum atomic E-state index is 14.2. The number of esters is 1. The number of cyclic esters (lactones) is 1.